The summed E-state index contributed by atoms with van der Waals surface area (Å²) in [5, 5.41) is 13.9. The molecule has 0 fully saturated rings. The van der Waals surface area contributed by atoms with Crippen molar-refractivity contribution in [3.8, 4) is 0 Å². The van der Waals surface area contributed by atoms with Gasteiger partial charge in [0.1, 0.15) is 0 Å². The predicted molar refractivity (Wildman–Crippen MR) is 27.7 cm³/mol. The minimum atomic E-state index is -1.83. The van der Waals surface area contributed by atoms with Gasteiger partial charge >= 0.3 is 66.9 Å². The Morgan fingerprint density at radius 3 is 1.25 bits per heavy atom. The SMILES string of the molecule is O=C(O)O.[CaH2].[Fe].[MgH2].[Mn]. The van der Waals surface area contributed by atoms with Crippen LogP contribution in [0, 0.1) is 0 Å². The van der Waals surface area contributed by atoms with Crippen molar-refractivity contribution in [2.75, 3.05) is 0 Å². The number of rotatable bonds is 0. The van der Waals surface area contributed by atoms with Gasteiger partial charge < -0.3 is 10.2 Å². The van der Waals surface area contributed by atoms with Crippen LogP contribution >= 0.6 is 0 Å². The molecule has 0 unspecified atom stereocenters. The summed E-state index contributed by atoms with van der Waals surface area (Å²) < 4.78 is 0. The Hall–Kier alpha value is 2.33. The molecule has 0 spiro atoms. The van der Waals surface area contributed by atoms with E-state index >= 15 is 0 Å². The van der Waals surface area contributed by atoms with Gasteiger partial charge in [0.15, 0.2) is 0 Å². The van der Waals surface area contributed by atoms with E-state index in [1.807, 2.05) is 0 Å². The van der Waals surface area contributed by atoms with Crippen molar-refractivity contribution >= 4 is 66.9 Å². The van der Waals surface area contributed by atoms with Crippen LogP contribution in [0.15, 0.2) is 0 Å². The molecule has 0 aliphatic rings. The third kappa shape index (κ3) is 82.3. The molecular weight excluding hydrogens is 235 g/mol. The largest absolute Gasteiger partial charge is 0.316 e. The van der Waals surface area contributed by atoms with Crippen molar-refractivity contribution in [2.45, 2.75) is 0 Å². The second-order valence-electron chi connectivity index (χ2n) is 0.283. The normalized spacial score (nSPS) is 3.00. The van der Waals surface area contributed by atoms with Gasteiger partial charge in [0.25, 0.3) is 0 Å². The molecule has 8 heavy (non-hydrogen) atoms. The van der Waals surface area contributed by atoms with Crippen LogP contribution in [0.2, 0.25) is 0 Å². The zero-order valence-electron chi connectivity index (χ0n) is 2.53. The Kier molecular flexibility index (Phi) is 90.1. The summed E-state index contributed by atoms with van der Waals surface area (Å²) in [6, 6.07) is 0. The second kappa shape index (κ2) is 22.8. The molecule has 0 aromatic carbocycles. The predicted octanol–water partition coefficient (Wildman–Crippen LogP) is -1.61. The van der Waals surface area contributed by atoms with Crippen LogP contribution in [0.1, 0.15) is 0 Å². The molecule has 0 atom stereocenters. The van der Waals surface area contributed by atoms with Crippen LogP contribution in [-0.2, 0) is 34.1 Å². The van der Waals surface area contributed by atoms with E-state index in [9.17, 15) is 0 Å². The third-order valence-corrected chi connectivity index (χ3v) is 0. The Labute approximate surface area is 114 Å². The fourth-order valence-electron chi connectivity index (χ4n) is 0. The Bertz CT molecular complexity index is 42.3. The number of carbonyl (C=O) groups is 1. The van der Waals surface area contributed by atoms with Gasteiger partial charge in [0, 0.05) is 34.1 Å². The van der Waals surface area contributed by atoms with E-state index in [1.54, 1.807) is 0 Å². The quantitative estimate of drug-likeness (QED) is 0.501. The van der Waals surface area contributed by atoms with Gasteiger partial charge in [-0.3, -0.25) is 0 Å². The van der Waals surface area contributed by atoms with E-state index < -0.39 is 6.16 Å². The Morgan fingerprint density at radius 1 is 1.25 bits per heavy atom. The molecule has 0 aromatic heterocycles. The van der Waals surface area contributed by atoms with Crippen molar-refractivity contribution < 1.29 is 49.1 Å². The molecular formula is CH6CaFeMgMnO3. The average Bonchev–Trinajstić information content (AvgIpc) is 0.811. The molecule has 0 heterocycles. The summed E-state index contributed by atoms with van der Waals surface area (Å²) >= 11 is 0. The maximum Gasteiger partial charge on any atom is 0.316 e. The molecule has 7 heteroatoms. The molecule has 0 aliphatic heterocycles. The standard InChI is InChI=1S/CH2O3.Ca.Fe.Mg.Mn.4H/c2-1(3)4;;;;;;;;/h(H2,2,3,4);;;;;;;;. The van der Waals surface area contributed by atoms with Crippen LogP contribution in [-0.4, -0.2) is 77.2 Å². The molecule has 2 N–H and O–H groups in total. The minimum Gasteiger partial charge on any atom is 0 e. The van der Waals surface area contributed by atoms with Crippen LogP contribution in [0.5, 0.6) is 0 Å². The summed E-state index contributed by atoms with van der Waals surface area (Å²) in [5.41, 5.74) is 0. The van der Waals surface area contributed by atoms with Gasteiger partial charge in [-0.1, -0.05) is 0 Å². The van der Waals surface area contributed by atoms with Crippen LogP contribution in [0.4, 0.5) is 4.79 Å². The van der Waals surface area contributed by atoms with E-state index in [0.717, 1.165) is 0 Å². The molecule has 0 saturated carbocycles. The van der Waals surface area contributed by atoms with E-state index in [0.29, 0.717) is 0 Å². The fourth-order valence-corrected chi connectivity index (χ4v) is 0. The van der Waals surface area contributed by atoms with Gasteiger partial charge in [-0.15, -0.1) is 0 Å². The zero-order valence-corrected chi connectivity index (χ0v) is 4.82. The van der Waals surface area contributed by atoms with Gasteiger partial charge in [-0.2, -0.15) is 0 Å². The summed E-state index contributed by atoms with van der Waals surface area (Å²) in [6.45, 7) is 0. The Morgan fingerprint density at radius 2 is 1.25 bits per heavy atom. The fraction of sp³-hybridized carbons (Fsp3) is 0. The van der Waals surface area contributed by atoms with Crippen LogP contribution in [0.25, 0.3) is 0 Å². The smallest absolute Gasteiger partial charge is 0 e. The molecule has 0 rings (SSSR count). The van der Waals surface area contributed by atoms with Crippen molar-refractivity contribution in [1.29, 1.82) is 0 Å². The monoisotopic (exact) mass is 241 g/mol. The maximum atomic E-state index is 8.56. The van der Waals surface area contributed by atoms with E-state index in [2.05, 4.69) is 0 Å². The molecule has 3 nitrogen and oxygen atoms in total. The van der Waals surface area contributed by atoms with Crippen molar-refractivity contribution in [3.63, 3.8) is 0 Å². The van der Waals surface area contributed by atoms with Crippen molar-refractivity contribution in [2.24, 2.45) is 0 Å². The van der Waals surface area contributed by atoms with E-state index in [4.69, 9.17) is 15.0 Å². The van der Waals surface area contributed by atoms with Crippen LogP contribution in [0.3, 0.4) is 0 Å². The molecule has 0 bridgehead atoms. The number of hydrogen-bond acceptors (Lipinski definition) is 1. The minimum absolute atomic E-state index is 0. The number of carboxylic acid groups (broad SMARTS) is 2. The summed E-state index contributed by atoms with van der Waals surface area (Å²) in [5.74, 6) is 0. The molecule has 0 saturated heterocycles. The van der Waals surface area contributed by atoms with E-state index in [-0.39, 0.29) is 94.9 Å². The Balaban J connectivity index is -0.00000000750. The first-order valence-electron chi connectivity index (χ1n) is 0.651. The molecule has 0 aromatic rings. The topological polar surface area (TPSA) is 57.5 Å². The van der Waals surface area contributed by atoms with Crippen molar-refractivity contribution in [1.82, 2.24) is 0 Å². The maximum absolute atomic E-state index is 8.56. The first-order valence-corrected chi connectivity index (χ1v) is 0.651. The van der Waals surface area contributed by atoms with Crippen molar-refractivity contribution in [3.05, 3.63) is 0 Å². The number of hydrogen-bond donors (Lipinski definition) is 2. The van der Waals surface area contributed by atoms with Crippen LogP contribution < -0.4 is 0 Å². The van der Waals surface area contributed by atoms with E-state index in [1.165, 1.54) is 0 Å². The summed E-state index contributed by atoms with van der Waals surface area (Å²) in [4.78, 5) is 8.56. The average molecular weight is 241 g/mol. The molecule has 1 radical (unpaired) electrons. The van der Waals surface area contributed by atoms with Gasteiger partial charge in [0.2, 0.25) is 0 Å². The second-order valence-corrected chi connectivity index (χ2v) is 0.283. The third-order valence-electron chi connectivity index (χ3n) is 0. The van der Waals surface area contributed by atoms with Gasteiger partial charge in [0.05, 0.1) is 0 Å². The van der Waals surface area contributed by atoms with Gasteiger partial charge in [-0.05, 0) is 0 Å². The zero-order chi connectivity index (χ0) is 3.58. The first kappa shape index (κ1) is 31.6. The summed E-state index contributed by atoms with van der Waals surface area (Å²) in [6.07, 6.45) is -1.83. The molecule has 0 aliphatic carbocycles. The first-order chi connectivity index (χ1) is 1.73. The summed E-state index contributed by atoms with van der Waals surface area (Å²) in [7, 11) is 0. The molecule has 0 amide bonds. The molecule has 47 valence electrons. The van der Waals surface area contributed by atoms with Gasteiger partial charge in [-0.25, -0.2) is 4.79 Å².